The van der Waals surface area contributed by atoms with E-state index in [-0.39, 0.29) is 37.0 Å². The Labute approximate surface area is 616 Å². The Bertz CT molecular complexity index is 4560. The highest BCUT2D eigenvalue weighted by Gasteiger charge is 2.35. The molecule has 0 saturated carbocycles. The van der Waals surface area contributed by atoms with Gasteiger partial charge in [0.1, 0.15) is 0 Å². The monoisotopic (exact) mass is 1380 g/mol. The van der Waals surface area contributed by atoms with E-state index in [2.05, 4.69) is 281 Å². The van der Waals surface area contributed by atoms with Crippen LogP contribution in [-0.4, -0.2) is 109 Å². The predicted molar refractivity (Wildman–Crippen MR) is 427 cm³/mol. The molecule has 0 aromatic heterocycles. The smallest absolute Gasteiger partial charge is 0.243 e. The van der Waals surface area contributed by atoms with Gasteiger partial charge in [0.15, 0.2) is 37.0 Å². The summed E-state index contributed by atoms with van der Waals surface area (Å²) in [5.74, 6) is 4.16. The lowest BCUT2D eigenvalue weighted by Crippen LogP contribution is -2.35. The molecule has 534 valence electrons. The largest absolute Gasteiger partial charge is 0.363 e. The fourth-order valence-corrected chi connectivity index (χ4v) is 13.4. The Kier molecular flexibility index (Phi) is 25.7. The maximum absolute atomic E-state index is 7.20. The topological polar surface area (TPSA) is 65.0 Å². The van der Waals surface area contributed by atoms with Gasteiger partial charge >= 0.3 is 0 Å². The summed E-state index contributed by atoms with van der Waals surface area (Å²) in [7, 11) is 11.8. The number of hydrogen-bond donors (Lipinski definition) is 0. The van der Waals surface area contributed by atoms with Crippen LogP contribution in [0, 0.1) is 129 Å². The second kappa shape index (κ2) is 33.6. The normalized spacial score (nSPS) is 19.2. The van der Waals surface area contributed by atoms with Gasteiger partial charge in [-0.3, -0.25) is 0 Å². The van der Waals surface area contributed by atoms with Gasteiger partial charge in [-0.25, -0.2) is 0 Å². The highest BCUT2D eigenvalue weighted by Crippen LogP contribution is 2.38. The van der Waals surface area contributed by atoms with Crippen LogP contribution in [0.15, 0.2) is 175 Å². The van der Waals surface area contributed by atoms with Crippen molar-refractivity contribution in [3.63, 3.8) is 0 Å². The zero-order chi connectivity index (χ0) is 76.3. The van der Waals surface area contributed by atoms with Crippen LogP contribution in [0.1, 0.15) is 114 Å². The lowest BCUT2D eigenvalue weighted by atomic mass is 10.0. The molecule has 0 amide bonds. The molecule has 103 heavy (non-hydrogen) atoms. The summed E-state index contributed by atoms with van der Waals surface area (Å²) in [6.07, 6.45) is 12.8. The van der Waals surface area contributed by atoms with Crippen molar-refractivity contribution in [1.29, 1.82) is 0 Å². The average Bonchev–Trinajstić information content (AvgIpc) is 1.76. The molecular formula is C85H104N18. The molecule has 0 radical (unpaired) electrons. The van der Waals surface area contributed by atoms with E-state index in [0.29, 0.717) is 34.9 Å². The summed E-state index contributed by atoms with van der Waals surface area (Å²) in [5, 5.41) is 0. The van der Waals surface area contributed by atoms with Crippen molar-refractivity contribution in [2.24, 2.45) is 0 Å². The van der Waals surface area contributed by atoms with Gasteiger partial charge in [-0.1, -0.05) is 129 Å². The molecule has 0 aliphatic carbocycles. The molecule has 6 aliphatic heterocycles. The predicted octanol–water partition coefficient (Wildman–Crippen LogP) is 19.0. The molecule has 0 fully saturated rings. The Balaban J connectivity index is 0.000000173. The van der Waals surface area contributed by atoms with E-state index in [9.17, 15) is 0 Å². The first-order chi connectivity index (χ1) is 48.7. The Morgan fingerprint density at radius 2 is 0.505 bits per heavy atom. The molecule has 18 nitrogen and oxygen atoms in total. The quantitative estimate of drug-likeness (QED) is 0.149. The number of nitrogens with zero attached hydrogens (tertiary/aromatic N) is 18. The molecule has 6 aliphatic rings. The van der Waals surface area contributed by atoms with Crippen molar-refractivity contribution in [3.8, 4) is 0 Å². The summed E-state index contributed by atoms with van der Waals surface area (Å²) >= 11 is 0. The Hall–Kier alpha value is -11.7. The number of anilines is 6. The summed E-state index contributed by atoms with van der Waals surface area (Å²) < 4.78 is 0. The third kappa shape index (κ3) is 17.0. The molecule has 6 aromatic rings. The molecule has 6 atom stereocenters. The second-order valence-electron chi connectivity index (χ2n) is 27.6. The molecule has 0 unspecified atom stereocenters. The summed E-state index contributed by atoms with van der Waals surface area (Å²) in [4.78, 5) is 46.3. The molecular weight excluding hydrogens is 1270 g/mol. The van der Waals surface area contributed by atoms with E-state index in [1.54, 1.807) is 0 Å². The van der Waals surface area contributed by atoms with Crippen LogP contribution in [0.2, 0.25) is 0 Å². The van der Waals surface area contributed by atoms with Crippen molar-refractivity contribution < 1.29 is 0 Å². The van der Waals surface area contributed by atoms with E-state index >= 15 is 0 Å². The first-order valence-electron chi connectivity index (χ1n) is 34.8. The van der Waals surface area contributed by atoms with Gasteiger partial charge in [0.2, 0.25) is 34.9 Å². The second-order valence-corrected chi connectivity index (χ2v) is 27.6. The van der Waals surface area contributed by atoms with Crippen LogP contribution in [0.3, 0.4) is 0 Å². The van der Waals surface area contributed by atoms with Crippen LogP contribution >= 0.6 is 0 Å². The van der Waals surface area contributed by atoms with E-state index < -0.39 is 0 Å². The van der Waals surface area contributed by atoms with Gasteiger partial charge in [0.25, 0.3) is 0 Å². The van der Waals surface area contributed by atoms with Gasteiger partial charge in [0.05, 0.1) is 42.3 Å². The minimum Gasteiger partial charge on any atom is -0.363 e. The van der Waals surface area contributed by atoms with E-state index in [0.717, 1.165) is 0 Å². The zero-order valence-corrected chi connectivity index (χ0v) is 65.3. The molecule has 12 rings (SSSR count). The molecule has 0 spiro atoms. The number of rotatable bonds is 6. The summed E-state index contributed by atoms with van der Waals surface area (Å²) in [5.41, 5.74) is 23.5. The fourth-order valence-electron chi connectivity index (χ4n) is 13.4. The van der Waals surface area contributed by atoms with Crippen molar-refractivity contribution in [2.75, 3.05) is 71.7 Å². The lowest BCUT2D eigenvalue weighted by molar-refractivity contribution is 0.364. The van der Waals surface area contributed by atoms with Crippen LogP contribution < -0.4 is 29.4 Å². The van der Waals surface area contributed by atoms with E-state index in [1.165, 1.54) is 106 Å². The third-order valence-corrected chi connectivity index (χ3v) is 20.5. The van der Waals surface area contributed by atoms with Gasteiger partial charge in [-0.05, 0) is 217 Å². The summed E-state index contributed by atoms with van der Waals surface area (Å²) in [6.45, 7) is 83.1. The fraction of sp³-hybridized carbons (Fsp3) is 0.365. The highest BCUT2D eigenvalue weighted by atomic mass is 15.5. The lowest BCUT2D eigenvalue weighted by Gasteiger charge is -2.28. The maximum Gasteiger partial charge on any atom is 0.243 e. The first kappa shape index (κ1) is 78.6. The van der Waals surface area contributed by atoms with Crippen LogP contribution in [0.4, 0.5) is 34.1 Å². The van der Waals surface area contributed by atoms with E-state index in [1.807, 2.05) is 121 Å². The highest BCUT2D eigenvalue weighted by molar-refractivity contribution is 5.67. The van der Waals surface area contributed by atoms with Crippen molar-refractivity contribution in [3.05, 3.63) is 316 Å². The van der Waals surface area contributed by atoms with Gasteiger partial charge in [0, 0.05) is 71.3 Å². The minimum absolute atomic E-state index is 0.189. The van der Waals surface area contributed by atoms with Gasteiger partial charge in [-0.2, -0.15) is 0 Å². The number of benzene rings is 6. The molecule has 0 saturated heterocycles. The first-order valence-corrected chi connectivity index (χ1v) is 34.8. The molecule has 0 bridgehead atoms. The SMILES string of the molecule is [C-]#[N+]C1=CN(c2c(C)cc(C)cc2C)[C@@H](C)N1C.[C-]#[N+]C1=CN(c2c(C)cccc2C)[C@@H](C)N1C.[C-]#[N+]C1=CN(c2cc(C)c(C)cc2C)[C@@H](C)N1C.[C-]#[N+]C1=CN(c2cc(C)ccc2C)[C@@H](C)N1C.[C-]#[N+]C1=CN(c2ccc(C)cc2C)[C@@H](C)N1C.[C-]#[N+]C1=CN(c2ccccc2C)[C@@H](C)N1C. The molecule has 6 aromatic carbocycles. The number of aryl methyl sites for hydroxylation is 13. The molecule has 0 N–H and O–H groups in total. The summed E-state index contributed by atoms with van der Waals surface area (Å²) in [6, 6.07) is 36.1. The average molecular weight is 1380 g/mol. The van der Waals surface area contributed by atoms with Crippen molar-refractivity contribution in [2.45, 2.75) is 169 Å². The minimum atomic E-state index is 0.189. The van der Waals surface area contributed by atoms with Crippen LogP contribution in [-0.2, 0) is 0 Å². The third-order valence-electron chi connectivity index (χ3n) is 20.5. The van der Waals surface area contributed by atoms with Crippen LogP contribution in [0.5, 0.6) is 0 Å². The zero-order valence-electron chi connectivity index (χ0n) is 65.3. The standard InChI is InChI=1S/2C15H19N3.3C14H17N3.C13H15N3/c1-10-7-12(3)14(8-11(10)2)18-9-15(16-5)17(6)13(18)4;1-10-7-11(2)15(12(3)8-10)18-9-14(16-5)17(6)13(18)4;1-10-6-7-13(11(2)8-10)17-9-14(15-4)16(5)12(17)3;1-10-6-7-11(2)13(8-10)17-9-14(15-4)16(5)12(17)3;1-10-7-6-8-11(2)14(10)17-9-13(15-4)16(5)12(17)3;1-10-7-5-6-8-12(10)16-9-13(14-3)15(4)11(16)2/h2*7-9,13H,1-4,6H3;3*6-9,12H,1-3,5H3;5-9,11H,1-2,4H3/t2*13-;3*12-;11-/m000000/s1. The molecule has 18 heteroatoms. The van der Waals surface area contributed by atoms with Gasteiger partial charge in [-0.15, -0.1) is 0 Å². The van der Waals surface area contributed by atoms with E-state index in [4.69, 9.17) is 39.4 Å². The Morgan fingerprint density at radius 3 is 0.874 bits per heavy atom. The van der Waals surface area contributed by atoms with Gasteiger partial charge < -0.3 is 87.9 Å². The van der Waals surface area contributed by atoms with Crippen molar-refractivity contribution >= 4 is 34.1 Å². The Morgan fingerprint density at radius 1 is 0.233 bits per heavy atom. The molecule has 6 heterocycles. The van der Waals surface area contributed by atoms with Crippen LogP contribution in [0.25, 0.3) is 29.1 Å². The number of hydrogen-bond acceptors (Lipinski definition) is 12. The maximum atomic E-state index is 7.20. The number of para-hydroxylation sites is 2. The van der Waals surface area contributed by atoms with Crippen molar-refractivity contribution in [1.82, 2.24) is 29.4 Å².